The van der Waals surface area contributed by atoms with Crippen LogP contribution < -0.4 is 0 Å². The van der Waals surface area contributed by atoms with Gasteiger partial charge in [-0.25, -0.2) is 4.98 Å². The van der Waals surface area contributed by atoms with Crippen LogP contribution in [0.15, 0.2) is 18.2 Å². The monoisotopic (exact) mass is 251 g/mol. The van der Waals surface area contributed by atoms with Crippen molar-refractivity contribution in [2.24, 2.45) is 0 Å². The summed E-state index contributed by atoms with van der Waals surface area (Å²) in [6.07, 6.45) is 0. The minimum atomic E-state index is 0.536. The third kappa shape index (κ3) is 2.13. The smallest absolute Gasteiger partial charge is 0.0904 e. The van der Waals surface area contributed by atoms with Crippen LogP contribution in [-0.4, -0.2) is 4.98 Å². The molecule has 0 aliphatic heterocycles. The molecule has 0 aliphatic rings. The Kier molecular flexibility index (Phi) is 3.31. The summed E-state index contributed by atoms with van der Waals surface area (Å²) >= 11 is 7.63. The first-order valence-electron chi connectivity index (χ1n) is 5.21. The summed E-state index contributed by atoms with van der Waals surface area (Å²) in [5.41, 5.74) is 4.79. The molecule has 0 aliphatic carbocycles. The van der Waals surface area contributed by atoms with Gasteiger partial charge in [-0.15, -0.1) is 22.9 Å². The Labute approximate surface area is 105 Å². The molecule has 1 heterocycles. The molecular formula is C13H14ClNS. The molecule has 16 heavy (non-hydrogen) atoms. The van der Waals surface area contributed by atoms with Crippen LogP contribution in [0.25, 0.3) is 11.3 Å². The first kappa shape index (κ1) is 11.6. The molecule has 0 saturated heterocycles. The number of thiazole rings is 1. The number of alkyl halides is 1. The third-order valence-corrected chi connectivity index (χ3v) is 3.96. The van der Waals surface area contributed by atoms with Gasteiger partial charge in [-0.3, -0.25) is 0 Å². The molecule has 3 heteroatoms. The number of benzene rings is 1. The Morgan fingerprint density at radius 3 is 2.62 bits per heavy atom. The van der Waals surface area contributed by atoms with E-state index in [1.54, 1.807) is 11.3 Å². The second-order valence-corrected chi connectivity index (χ2v) is 5.51. The molecule has 1 nitrogen and oxygen atoms in total. The SMILES string of the molecule is Cc1ccc(-c2nc(C)sc2CCl)c(C)c1. The zero-order valence-corrected chi connectivity index (χ0v) is 11.2. The van der Waals surface area contributed by atoms with Crippen LogP contribution in [0.2, 0.25) is 0 Å². The first-order chi connectivity index (χ1) is 7.61. The molecule has 0 amide bonds. The van der Waals surface area contributed by atoms with Crippen molar-refractivity contribution in [3.63, 3.8) is 0 Å². The lowest BCUT2D eigenvalue weighted by Gasteiger charge is -2.05. The van der Waals surface area contributed by atoms with Gasteiger partial charge in [0.15, 0.2) is 0 Å². The van der Waals surface area contributed by atoms with Crippen molar-refractivity contribution in [2.45, 2.75) is 26.7 Å². The lowest BCUT2D eigenvalue weighted by Crippen LogP contribution is -1.88. The van der Waals surface area contributed by atoms with Crippen molar-refractivity contribution in [2.75, 3.05) is 0 Å². The van der Waals surface area contributed by atoms with Crippen molar-refractivity contribution >= 4 is 22.9 Å². The van der Waals surface area contributed by atoms with E-state index in [9.17, 15) is 0 Å². The van der Waals surface area contributed by atoms with Crippen LogP contribution in [-0.2, 0) is 5.88 Å². The Hall–Kier alpha value is -0.860. The summed E-state index contributed by atoms with van der Waals surface area (Å²) in [6.45, 7) is 6.24. The van der Waals surface area contributed by atoms with E-state index in [1.807, 2.05) is 6.92 Å². The van der Waals surface area contributed by atoms with E-state index in [0.29, 0.717) is 5.88 Å². The number of hydrogen-bond donors (Lipinski definition) is 0. The summed E-state index contributed by atoms with van der Waals surface area (Å²) in [5.74, 6) is 0.536. The summed E-state index contributed by atoms with van der Waals surface area (Å²) in [5, 5.41) is 1.07. The van der Waals surface area contributed by atoms with Gasteiger partial charge in [0.25, 0.3) is 0 Å². The number of nitrogens with zero attached hydrogens (tertiary/aromatic N) is 1. The maximum absolute atomic E-state index is 5.95. The van der Waals surface area contributed by atoms with Gasteiger partial charge in [0, 0.05) is 10.4 Å². The maximum atomic E-state index is 5.95. The molecule has 1 aromatic carbocycles. The van der Waals surface area contributed by atoms with Gasteiger partial charge in [0.1, 0.15) is 0 Å². The molecule has 84 valence electrons. The van der Waals surface area contributed by atoms with Crippen molar-refractivity contribution < 1.29 is 0 Å². The number of halogens is 1. The maximum Gasteiger partial charge on any atom is 0.0904 e. The minimum absolute atomic E-state index is 0.536. The standard InChI is InChI=1S/C13H14ClNS/c1-8-4-5-11(9(2)6-8)13-12(7-14)16-10(3)15-13/h4-6H,7H2,1-3H3. The van der Waals surface area contributed by atoms with Crippen LogP contribution in [0.4, 0.5) is 0 Å². The molecule has 0 fully saturated rings. The van der Waals surface area contributed by atoms with Crippen molar-refractivity contribution in [3.8, 4) is 11.3 Å². The summed E-state index contributed by atoms with van der Waals surface area (Å²) in [4.78, 5) is 5.73. The van der Waals surface area contributed by atoms with Crippen LogP contribution in [0, 0.1) is 20.8 Å². The van der Waals surface area contributed by atoms with Gasteiger partial charge in [-0.2, -0.15) is 0 Å². The molecule has 2 rings (SSSR count). The van der Waals surface area contributed by atoms with Crippen molar-refractivity contribution in [1.82, 2.24) is 4.98 Å². The average Bonchev–Trinajstić information content (AvgIpc) is 2.59. The van der Waals surface area contributed by atoms with E-state index in [4.69, 9.17) is 11.6 Å². The van der Waals surface area contributed by atoms with Gasteiger partial charge in [-0.1, -0.05) is 23.8 Å². The third-order valence-electron chi connectivity index (χ3n) is 2.56. The molecule has 0 saturated carbocycles. The Morgan fingerprint density at radius 1 is 1.25 bits per heavy atom. The zero-order chi connectivity index (χ0) is 11.7. The molecule has 0 N–H and O–H groups in total. The lowest BCUT2D eigenvalue weighted by atomic mass is 10.0. The van der Waals surface area contributed by atoms with E-state index in [-0.39, 0.29) is 0 Å². The Bertz CT molecular complexity index is 517. The quantitative estimate of drug-likeness (QED) is 0.718. The highest BCUT2D eigenvalue weighted by molar-refractivity contribution is 7.12. The normalized spacial score (nSPS) is 10.8. The van der Waals surface area contributed by atoms with E-state index in [0.717, 1.165) is 15.6 Å². The molecular weight excluding hydrogens is 238 g/mol. The molecule has 2 aromatic rings. The lowest BCUT2D eigenvalue weighted by molar-refractivity contribution is 1.26. The highest BCUT2D eigenvalue weighted by atomic mass is 35.5. The molecule has 0 unspecified atom stereocenters. The van der Waals surface area contributed by atoms with Crippen LogP contribution >= 0.6 is 22.9 Å². The summed E-state index contributed by atoms with van der Waals surface area (Å²) in [6, 6.07) is 6.44. The van der Waals surface area contributed by atoms with Crippen molar-refractivity contribution in [3.05, 3.63) is 39.2 Å². The van der Waals surface area contributed by atoms with Gasteiger partial charge in [0.2, 0.25) is 0 Å². The van der Waals surface area contributed by atoms with Crippen LogP contribution in [0.3, 0.4) is 0 Å². The largest absolute Gasteiger partial charge is 0.241 e. The molecule has 0 bridgehead atoms. The van der Waals surface area contributed by atoms with Crippen LogP contribution in [0.5, 0.6) is 0 Å². The summed E-state index contributed by atoms with van der Waals surface area (Å²) < 4.78 is 0. The highest BCUT2D eigenvalue weighted by Gasteiger charge is 2.12. The van der Waals surface area contributed by atoms with Crippen molar-refractivity contribution in [1.29, 1.82) is 0 Å². The molecule has 0 spiro atoms. The van der Waals surface area contributed by atoms with Crippen LogP contribution in [0.1, 0.15) is 21.0 Å². The molecule has 1 aromatic heterocycles. The van der Waals surface area contributed by atoms with E-state index in [1.165, 1.54) is 16.7 Å². The summed E-state index contributed by atoms with van der Waals surface area (Å²) in [7, 11) is 0. The fourth-order valence-corrected chi connectivity index (χ4v) is 2.94. The van der Waals surface area contributed by atoms with E-state index in [2.05, 4.69) is 37.0 Å². The fourth-order valence-electron chi connectivity index (χ4n) is 1.85. The Morgan fingerprint density at radius 2 is 2.00 bits per heavy atom. The fraction of sp³-hybridized carbons (Fsp3) is 0.308. The van der Waals surface area contributed by atoms with E-state index < -0.39 is 0 Å². The molecule has 0 radical (unpaired) electrons. The molecule has 0 atom stereocenters. The number of aromatic nitrogens is 1. The first-order valence-corrected chi connectivity index (χ1v) is 6.57. The predicted octanol–water partition coefficient (Wildman–Crippen LogP) is 4.47. The highest BCUT2D eigenvalue weighted by Crippen LogP contribution is 2.31. The van der Waals surface area contributed by atoms with Gasteiger partial charge < -0.3 is 0 Å². The predicted molar refractivity (Wildman–Crippen MR) is 71.3 cm³/mol. The minimum Gasteiger partial charge on any atom is -0.241 e. The number of hydrogen-bond acceptors (Lipinski definition) is 2. The van der Waals surface area contributed by atoms with Gasteiger partial charge in [-0.05, 0) is 26.3 Å². The zero-order valence-electron chi connectivity index (χ0n) is 9.67. The second-order valence-electron chi connectivity index (χ2n) is 3.96. The topological polar surface area (TPSA) is 12.9 Å². The second kappa shape index (κ2) is 4.56. The number of rotatable bonds is 2. The van der Waals surface area contributed by atoms with Gasteiger partial charge in [0.05, 0.1) is 16.6 Å². The van der Waals surface area contributed by atoms with Gasteiger partial charge >= 0.3 is 0 Å². The van der Waals surface area contributed by atoms with E-state index >= 15 is 0 Å². The average molecular weight is 252 g/mol. The number of aryl methyl sites for hydroxylation is 3. The Balaban J connectivity index is 2.57.